The molecule has 0 rings (SSSR count). The van der Waals surface area contributed by atoms with E-state index in [4.69, 9.17) is 9.05 Å². The summed E-state index contributed by atoms with van der Waals surface area (Å²) in [5, 5.41) is 13.6. The summed E-state index contributed by atoms with van der Waals surface area (Å²) in [4.78, 5) is 25.2. The number of rotatable bonds is 34. The van der Waals surface area contributed by atoms with E-state index in [-0.39, 0.29) is 18.9 Å². The quantitative estimate of drug-likeness (QED) is 0.0294. The van der Waals surface area contributed by atoms with Crippen molar-refractivity contribution in [1.29, 1.82) is 0 Å². The van der Waals surface area contributed by atoms with E-state index in [1.165, 1.54) is 32.1 Å². The van der Waals surface area contributed by atoms with E-state index >= 15 is 0 Å². The molecule has 0 saturated carbocycles. The van der Waals surface area contributed by atoms with Crippen molar-refractivity contribution in [2.24, 2.45) is 0 Å². The number of likely N-dealkylation sites (N-methyl/N-ethyl adjacent to an activating group) is 1. The van der Waals surface area contributed by atoms with Gasteiger partial charge >= 0.3 is 0 Å². The first-order valence-corrected chi connectivity index (χ1v) is 21.4. The molecular formula is C43H75N2O6P. The van der Waals surface area contributed by atoms with Crippen LogP contribution in [0.15, 0.2) is 85.1 Å². The molecule has 0 fully saturated rings. The van der Waals surface area contributed by atoms with Crippen molar-refractivity contribution >= 4 is 13.7 Å². The number of phosphoric ester groups is 1. The third-order valence-electron chi connectivity index (χ3n) is 8.09. The van der Waals surface area contributed by atoms with Crippen LogP contribution in [0, 0.1) is 0 Å². The summed E-state index contributed by atoms with van der Waals surface area (Å²) in [6.07, 6.45) is 46.3. The van der Waals surface area contributed by atoms with Gasteiger partial charge in [0.2, 0.25) is 5.91 Å². The SMILES string of the molecule is CC/C=C\C/C=C\C/C=C\C/C=C\C/C=C\CCCCCC(=O)NC(COP(=O)([O-])OCC[N+](C)(C)C)C(O)/C=C/CC/C=C/CCCCCCC. The summed E-state index contributed by atoms with van der Waals surface area (Å²) in [6.45, 7) is 4.41. The number of carbonyl (C=O) groups excluding carboxylic acids is 1. The molecule has 3 unspecified atom stereocenters. The Labute approximate surface area is 318 Å². The van der Waals surface area contributed by atoms with Crippen molar-refractivity contribution in [1.82, 2.24) is 5.32 Å². The second-order valence-electron chi connectivity index (χ2n) is 14.2. The maximum Gasteiger partial charge on any atom is 0.268 e. The molecule has 0 saturated heterocycles. The monoisotopic (exact) mass is 747 g/mol. The highest BCUT2D eigenvalue weighted by molar-refractivity contribution is 7.45. The van der Waals surface area contributed by atoms with Gasteiger partial charge in [0.15, 0.2) is 0 Å². The van der Waals surface area contributed by atoms with Crippen LogP contribution in [0.5, 0.6) is 0 Å². The fourth-order valence-electron chi connectivity index (χ4n) is 4.90. The molecule has 0 aromatic carbocycles. The fourth-order valence-corrected chi connectivity index (χ4v) is 5.62. The first-order chi connectivity index (χ1) is 25.0. The van der Waals surface area contributed by atoms with Gasteiger partial charge in [-0.15, -0.1) is 0 Å². The Morgan fingerprint density at radius 2 is 1.19 bits per heavy atom. The van der Waals surface area contributed by atoms with Crippen LogP contribution >= 0.6 is 7.82 Å². The second-order valence-corrected chi connectivity index (χ2v) is 15.7. The molecule has 9 heteroatoms. The standard InChI is InChI=1S/C43H75N2O6P/c1-6-8-10-12-14-16-18-19-20-21-22-23-24-25-27-29-31-33-35-37-43(47)44-41(40-51-52(48,49)50-39-38-45(3,4)5)42(46)36-34-32-30-28-26-17-15-13-11-9-7-2/h8,10,14,16,19-20,22-23,25-28,34,36,41-42,46H,6-7,9,11-13,15,17-18,21,24,29-33,35,37-40H2,1-5H3,(H-,44,47,48,49)/b10-8-,16-14-,20-19-,23-22-,27-25-,28-26+,36-34+. The Balaban J connectivity index is 4.59. The molecule has 0 aliphatic rings. The lowest BCUT2D eigenvalue weighted by molar-refractivity contribution is -0.870. The summed E-state index contributed by atoms with van der Waals surface area (Å²) in [5.74, 6) is -0.246. The molecule has 0 radical (unpaired) electrons. The Morgan fingerprint density at radius 1 is 0.692 bits per heavy atom. The zero-order chi connectivity index (χ0) is 38.6. The molecular weight excluding hydrogens is 671 g/mol. The molecule has 0 aliphatic carbocycles. The minimum Gasteiger partial charge on any atom is -0.756 e. The lowest BCUT2D eigenvalue weighted by Crippen LogP contribution is -2.45. The lowest BCUT2D eigenvalue weighted by atomic mass is 10.1. The first-order valence-electron chi connectivity index (χ1n) is 19.9. The number of quaternary nitrogens is 1. The van der Waals surface area contributed by atoms with Crippen molar-refractivity contribution in [3.63, 3.8) is 0 Å². The van der Waals surface area contributed by atoms with Crippen molar-refractivity contribution < 1.29 is 32.9 Å². The number of amides is 1. The Hall–Kier alpha value is -2.32. The highest BCUT2D eigenvalue weighted by atomic mass is 31.2. The minimum atomic E-state index is -4.60. The van der Waals surface area contributed by atoms with E-state index in [1.54, 1.807) is 6.08 Å². The highest BCUT2D eigenvalue weighted by Gasteiger charge is 2.23. The van der Waals surface area contributed by atoms with E-state index in [9.17, 15) is 19.4 Å². The minimum absolute atomic E-state index is 0.0182. The molecule has 1 amide bonds. The number of aliphatic hydroxyl groups excluding tert-OH is 1. The molecule has 2 N–H and O–H groups in total. The first kappa shape index (κ1) is 49.7. The van der Waals surface area contributed by atoms with Crippen LogP contribution in [0.1, 0.15) is 129 Å². The Kier molecular flexibility index (Phi) is 32.9. The molecule has 52 heavy (non-hydrogen) atoms. The van der Waals surface area contributed by atoms with E-state index < -0.39 is 26.6 Å². The maximum atomic E-state index is 12.8. The van der Waals surface area contributed by atoms with Crippen molar-refractivity contribution in [3.05, 3.63) is 85.1 Å². The van der Waals surface area contributed by atoms with Gasteiger partial charge in [-0.25, -0.2) is 0 Å². The Bertz CT molecular complexity index is 1120. The number of allylic oxidation sites excluding steroid dienone is 13. The van der Waals surface area contributed by atoms with E-state index in [0.717, 1.165) is 70.6 Å². The normalized spacial score (nSPS) is 15.4. The van der Waals surface area contributed by atoms with E-state index in [0.29, 0.717) is 17.4 Å². The number of nitrogens with zero attached hydrogens (tertiary/aromatic N) is 1. The lowest BCUT2D eigenvalue weighted by Gasteiger charge is -2.29. The zero-order valence-electron chi connectivity index (χ0n) is 33.5. The van der Waals surface area contributed by atoms with Crippen molar-refractivity contribution in [2.75, 3.05) is 40.9 Å². The maximum absolute atomic E-state index is 12.8. The third-order valence-corrected chi connectivity index (χ3v) is 9.05. The molecule has 8 nitrogen and oxygen atoms in total. The van der Waals surface area contributed by atoms with Crippen molar-refractivity contribution in [2.45, 2.75) is 142 Å². The summed E-state index contributed by atoms with van der Waals surface area (Å²) < 4.78 is 23.1. The van der Waals surface area contributed by atoms with Crippen LogP contribution in [0.25, 0.3) is 0 Å². The smallest absolute Gasteiger partial charge is 0.268 e. The number of hydrogen-bond donors (Lipinski definition) is 2. The van der Waals surface area contributed by atoms with Crippen LogP contribution in [0.4, 0.5) is 0 Å². The number of nitrogens with one attached hydrogen (secondary N) is 1. The number of phosphoric acid groups is 1. The molecule has 3 atom stereocenters. The van der Waals surface area contributed by atoms with Gasteiger partial charge in [-0.2, -0.15) is 0 Å². The average molecular weight is 747 g/mol. The number of aliphatic hydroxyl groups is 1. The summed E-state index contributed by atoms with van der Waals surface area (Å²) in [6, 6.07) is -0.923. The van der Waals surface area contributed by atoms with Crippen LogP contribution in [-0.2, 0) is 18.4 Å². The third kappa shape index (κ3) is 36.1. The van der Waals surface area contributed by atoms with E-state index in [2.05, 4.69) is 92.1 Å². The Morgan fingerprint density at radius 3 is 1.77 bits per heavy atom. The molecule has 0 aromatic rings. The molecule has 0 aromatic heterocycles. The van der Waals surface area contributed by atoms with Gasteiger partial charge in [-0.1, -0.05) is 131 Å². The highest BCUT2D eigenvalue weighted by Crippen LogP contribution is 2.38. The van der Waals surface area contributed by atoms with Gasteiger partial charge in [-0.05, 0) is 77.0 Å². The van der Waals surface area contributed by atoms with Crippen LogP contribution < -0.4 is 10.2 Å². The molecule has 0 spiro atoms. The van der Waals surface area contributed by atoms with Crippen LogP contribution in [-0.4, -0.2) is 68.5 Å². The summed E-state index contributed by atoms with van der Waals surface area (Å²) >= 11 is 0. The zero-order valence-corrected chi connectivity index (χ0v) is 34.4. The van der Waals surface area contributed by atoms with Gasteiger partial charge in [-0.3, -0.25) is 9.36 Å². The molecule has 0 aliphatic heterocycles. The summed E-state index contributed by atoms with van der Waals surface area (Å²) in [7, 11) is 1.20. The van der Waals surface area contributed by atoms with Gasteiger partial charge < -0.3 is 28.8 Å². The molecule has 0 heterocycles. The number of hydrogen-bond acceptors (Lipinski definition) is 6. The topological polar surface area (TPSA) is 108 Å². The molecule has 0 bridgehead atoms. The van der Waals surface area contributed by atoms with Gasteiger partial charge in [0.1, 0.15) is 13.2 Å². The van der Waals surface area contributed by atoms with Crippen LogP contribution in [0.2, 0.25) is 0 Å². The number of carbonyl (C=O) groups is 1. The van der Waals surface area contributed by atoms with Crippen molar-refractivity contribution in [3.8, 4) is 0 Å². The number of unbranched alkanes of at least 4 members (excludes halogenated alkanes) is 9. The fraction of sp³-hybridized carbons (Fsp3) is 0.651. The predicted molar refractivity (Wildman–Crippen MR) is 219 cm³/mol. The second kappa shape index (κ2) is 34.4. The van der Waals surface area contributed by atoms with E-state index in [1.807, 2.05) is 27.2 Å². The summed E-state index contributed by atoms with van der Waals surface area (Å²) in [5.41, 5.74) is 0. The molecule has 298 valence electrons. The largest absolute Gasteiger partial charge is 0.756 e. The van der Waals surface area contributed by atoms with Gasteiger partial charge in [0.25, 0.3) is 7.82 Å². The van der Waals surface area contributed by atoms with Crippen LogP contribution in [0.3, 0.4) is 0 Å². The predicted octanol–water partition coefficient (Wildman–Crippen LogP) is 9.99. The average Bonchev–Trinajstić information content (AvgIpc) is 3.09. The van der Waals surface area contributed by atoms with Gasteiger partial charge in [0, 0.05) is 6.42 Å². The van der Waals surface area contributed by atoms with Gasteiger partial charge in [0.05, 0.1) is 39.9 Å².